The van der Waals surface area contributed by atoms with Crippen LogP contribution in [-0.4, -0.2) is 28.8 Å². The first-order valence-electron chi connectivity index (χ1n) is 6.69. The van der Waals surface area contributed by atoms with E-state index in [4.69, 9.17) is 20.9 Å². The summed E-state index contributed by atoms with van der Waals surface area (Å²) in [7, 11) is 0. The molecule has 0 aliphatic carbocycles. The molecule has 2 rings (SSSR count). The lowest BCUT2D eigenvalue weighted by Gasteiger charge is -2.10. The molecule has 116 valence electrons. The Kier molecular flexibility index (Phi) is 5.68. The van der Waals surface area contributed by atoms with Crippen LogP contribution in [0.5, 0.6) is 0 Å². The van der Waals surface area contributed by atoms with Crippen LogP contribution in [-0.2, 0) is 16.1 Å². The molecule has 0 bridgehead atoms. The van der Waals surface area contributed by atoms with E-state index in [1.165, 1.54) is 0 Å². The number of hydrogen-bond acceptors (Lipinski definition) is 5. The Morgan fingerprint density at radius 3 is 2.91 bits per heavy atom. The van der Waals surface area contributed by atoms with Crippen molar-refractivity contribution >= 4 is 17.5 Å². The molecule has 0 fully saturated rings. The van der Waals surface area contributed by atoms with Crippen LogP contribution in [0.1, 0.15) is 12.8 Å². The van der Waals surface area contributed by atoms with Gasteiger partial charge in [0.1, 0.15) is 6.10 Å². The van der Waals surface area contributed by atoms with E-state index in [2.05, 4.69) is 22.0 Å². The highest BCUT2D eigenvalue weighted by molar-refractivity contribution is 6.30. The Balaban J connectivity index is 1.91. The maximum atomic E-state index is 11.8. The van der Waals surface area contributed by atoms with Gasteiger partial charge in [-0.15, -0.1) is 6.58 Å². The second kappa shape index (κ2) is 7.72. The van der Waals surface area contributed by atoms with E-state index >= 15 is 0 Å². The summed E-state index contributed by atoms with van der Waals surface area (Å²) in [5.41, 5.74) is 0.786. The predicted octanol–water partition coefficient (Wildman–Crippen LogP) is 2.60. The largest absolute Gasteiger partial charge is 0.365 e. The lowest BCUT2D eigenvalue weighted by molar-refractivity contribution is -0.131. The van der Waals surface area contributed by atoms with Crippen LogP contribution in [0.3, 0.4) is 0 Å². The van der Waals surface area contributed by atoms with Crippen molar-refractivity contribution in [1.82, 2.24) is 15.5 Å². The smallest absolute Gasteiger partial charge is 0.249 e. The first kappa shape index (κ1) is 16.2. The van der Waals surface area contributed by atoms with Crippen molar-refractivity contribution in [3.05, 3.63) is 47.8 Å². The van der Waals surface area contributed by atoms with Gasteiger partial charge in [-0.25, -0.2) is 0 Å². The van der Waals surface area contributed by atoms with Crippen LogP contribution in [0.15, 0.2) is 41.4 Å². The van der Waals surface area contributed by atoms with E-state index in [1.54, 1.807) is 37.3 Å². The quantitative estimate of drug-likeness (QED) is 0.793. The van der Waals surface area contributed by atoms with Gasteiger partial charge in [-0.1, -0.05) is 22.8 Å². The third kappa shape index (κ3) is 4.41. The number of carbonyl (C=O) groups excluding carboxylic acids is 1. The maximum Gasteiger partial charge on any atom is 0.249 e. The summed E-state index contributed by atoms with van der Waals surface area (Å²) < 4.78 is 10.3. The van der Waals surface area contributed by atoms with Crippen LogP contribution in [0.25, 0.3) is 11.4 Å². The van der Waals surface area contributed by atoms with Crippen molar-refractivity contribution in [3.8, 4) is 11.4 Å². The number of ether oxygens (including phenoxy) is 1. The zero-order valence-corrected chi connectivity index (χ0v) is 12.8. The summed E-state index contributed by atoms with van der Waals surface area (Å²) in [6.45, 7) is 5.64. The first-order chi connectivity index (χ1) is 10.6. The van der Waals surface area contributed by atoms with Gasteiger partial charge in [-0.2, -0.15) is 4.98 Å². The summed E-state index contributed by atoms with van der Waals surface area (Å²) >= 11 is 5.82. The van der Waals surface area contributed by atoms with Crippen molar-refractivity contribution in [1.29, 1.82) is 0 Å². The molecule has 1 unspecified atom stereocenters. The molecule has 6 nitrogen and oxygen atoms in total. The van der Waals surface area contributed by atoms with Gasteiger partial charge in [0.25, 0.3) is 0 Å². The summed E-state index contributed by atoms with van der Waals surface area (Å²) in [6.07, 6.45) is 1.01. The lowest BCUT2D eigenvalue weighted by atomic mass is 10.2. The molecule has 22 heavy (non-hydrogen) atoms. The summed E-state index contributed by atoms with van der Waals surface area (Å²) in [5.74, 6) is 0.499. The fourth-order valence-corrected chi connectivity index (χ4v) is 1.76. The molecule has 1 amide bonds. The Morgan fingerprint density at radius 2 is 2.23 bits per heavy atom. The van der Waals surface area contributed by atoms with E-state index in [9.17, 15) is 4.79 Å². The molecule has 1 heterocycles. The molecular weight excluding hydrogens is 306 g/mol. The van der Waals surface area contributed by atoms with Gasteiger partial charge in [0.05, 0.1) is 13.2 Å². The molecule has 0 radical (unpaired) electrons. The number of hydrogen-bond donors (Lipinski definition) is 1. The Hall–Kier alpha value is -2.18. The monoisotopic (exact) mass is 321 g/mol. The number of halogens is 1. The van der Waals surface area contributed by atoms with Gasteiger partial charge >= 0.3 is 0 Å². The average Bonchev–Trinajstić information content (AvgIpc) is 2.99. The summed E-state index contributed by atoms with van der Waals surface area (Å²) in [4.78, 5) is 16.0. The van der Waals surface area contributed by atoms with Gasteiger partial charge in [0.2, 0.25) is 17.6 Å². The molecule has 7 heteroatoms. The number of amides is 1. The number of nitrogens with one attached hydrogen (secondary N) is 1. The molecule has 1 aromatic heterocycles. The topological polar surface area (TPSA) is 77.2 Å². The average molecular weight is 322 g/mol. The lowest BCUT2D eigenvalue weighted by Crippen LogP contribution is -2.34. The zero-order chi connectivity index (χ0) is 15.9. The Morgan fingerprint density at radius 1 is 1.50 bits per heavy atom. The molecule has 0 saturated carbocycles. The van der Waals surface area contributed by atoms with Crippen LogP contribution < -0.4 is 5.32 Å². The zero-order valence-electron chi connectivity index (χ0n) is 12.1. The van der Waals surface area contributed by atoms with Gasteiger partial charge in [-0.3, -0.25) is 4.79 Å². The highest BCUT2D eigenvalue weighted by Gasteiger charge is 2.14. The Labute approximate surface area is 133 Å². The van der Waals surface area contributed by atoms with Crippen molar-refractivity contribution in [2.24, 2.45) is 0 Å². The van der Waals surface area contributed by atoms with Crippen LogP contribution >= 0.6 is 11.6 Å². The van der Waals surface area contributed by atoms with E-state index in [0.29, 0.717) is 23.3 Å². The van der Waals surface area contributed by atoms with Crippen LogP contribution in [0.4, 0.5) is 0 Å². The second-order valence-corrected chi connectivity index (χ2v) is 4.94. The van der Waals surface area contributed by atoms with Crippen molar-refractivity contribution in [3.63, 3.8) is 0 Å². The van der Waals surface area contributed by atoms with Gasteiger partial charge in [-0.05, 0) is 31.2 Å². The molecule has 1 aromatic carbocycles. The van der Waals surface area contributed by atoms with Gasteiger partial charge in [0, 0.05) is 10.6 Å². The van der Waals surface area contributed by atoms with E-state index < -0.39 is 6.10 Å². The minimum Gasteiger partial charge on any atom is -0.365 e. The number of aromatic nitrogens is 2. The molecule has 1 N–H and O–H groups in total. The first-order valence-corrected chi connectivity index (χ1v) is 7.06. The van der Waals surface area contributed by atoms with Crippen LogP contribution in [0, 0.1) is 0 Å². The van der Waals surface area contributed by atoms with Crippen LogP contribution in [0.2, 0.25) is 5.02 Å². The highest BCUT2D eigenvalue weighted by atomic mass is 35.5. The second-order valence-electron chi connectivity index (χ2n) is 4.50. The van der Waals surface area contributed by atoms with Crippen molar-refractivity contribution in [2.45, 2.75) is 19.6 Å². The maximum absolute atomic E-state index is 11.8. The number of benzene rings is 1. The molecule has 0 spiro atoms. The van der Waals surface area contributed by atoms with Gasteiger partial charge in [0.15, 0.2) is 0 Å². The van der Waals surface area contributed by atoms with E-state index in [1.807, 2.05) is 0 Å². The predicted molar refractivity (Wildman–Crippen MR) is 82.2 cm³/mol. The SMILES string of the molecule is C=CCOC(C)C(=O)NCc1nc(-c2ccc(Cl)cc2)no1. The third-order valence-corrected chi connectivity index (χ3v) is 3.07. The fourth-order valence-electron chi connectivity index (χ4n) is 1.64. The highest BCUT2D eigenvalue weighted by Crippen LogP contribution is 2.18. The fraction of sp³-hybridized carbons (Fsp3) is 0.267. The van der Waals surface area contributed by atoms with Gasteiger partial charge < -0.3 is 14.6 Å². The standard InChI is InChI=1S/C15H16ClN3O3/c1-3-8-21-10(2)15(20)17-9-13-18-14(19-22-13)11-4-6-12(16)7-5-11/h3-7,10H,1,8-9H2,2H3,(H,17,20). The molecule has 1 atom stereocenters. The third-order valence-electron chi connectivity index (χ3n) is 2.82. The number of rotatable bonds is 7. The minimum absolute atomic E-state index is 0.140. The van der Waals surface area contributed by atoms with E-state index in [0.717, 1.165) is 5.56 Å². The molecular formula is C15H16ClN3O3. The van der Waals surface area contributed by atoms with E-state index in [-0.39, 0.29) is 12.5 Å². The molecule has 0 aliphatic rings. The normalized spacial score (nSPS) is 11.9. The molecule has 2 aromatic rings. The molecule has 0 saturated heterocycles. The number of nitrogens with zero attached hydrogens (tertiary/aromatic N) is 2. The van der Waals surface area contributed by atoms with Crippen molar-refractivity contribution < 1.29 is 14.1 Å². The number of carbonyl (C=O) groups is 1. The summed E-state index contributed by atoms with van der Waals surface area (Å²) in [6, 6.07) is 7.07. The Bertz CT molecular complexity index is 640. The van der Waals surface area contributed by atoms with Crippen molar-refractivity contribution in [2.75, 3.05) is 6.61 Å². The minimum atomic E-state index is -0.573. The molecule has 0 aliphatic heterocycles. The summed E-state index contributed by atoms with van der Waals surface area (Å²) in [5, 5.41) is 7.16.